The molecule has 2 aromatic heterocycles. The van der Waals surface area contributed by atoms with Gasteiger partial charge in [0.2, 0.25) is 5.76 Å². The van der Waals surface area contributed by atoms with Gasteiger partial charge in [0, 0.05) is 17.1 Å². The largest absolute Gasteiger partial charge is 0.489 e. The molecule has 0 unspecified atom stereocenters. The maximum atomic E-state index is 12.3. The van der Waals surface area contributed by atoms with E-state index in [1.165, 1.54) is 0 Å². The lowest BCUT2D eigenvalue weighted by molar-refractivity contribution is 0.0909. The van der Waals surface area contributed by atoms with Crippen LogP contribution < -0.4 is 10.1 Å². The number of rotatable bonds is 5. The average Bonchev–Trinajstić information content (AvgIpc) is 3.09. The number of hydrogen-bond donors (Lipinski definition) is 1. The summed E-state index contributed by atoms with van der Waals surface area (Å²) in [5.74, 6) is 0.834. The van der Waals surface area contributed by atoms with Crippen molar-refractivity contribution in [1.29, 1.82) is 0 Å². The summed E-state index contributed by atoms with van der Waals surface area (Å²) in [5, 5.41) is 7.87. The van der Waals surface area contributed by atoms with E-state index < -0.39 is 0 Å². The Kier molecular flexibility index (Phi) is 4.33. The summed E-state index contributed by atoms with van der Waals surface area (Å²) < 4.78 is 11.0. The number of aromatic nitrogens is 2. The SMILES string of the molecule is O=C(NCCOc1cccc2cccnc12)c1onc2c1CCCC2. The van der Waals surface area contributed by atoms with Crippen LogP contribution in [0, 0.1) is 0 Å². The first-order valence-corrected chi connectivity index (χ1v) is 8.55. The molecule has 25 heavy (non-hydrogen) atoms. The van der Waals surface area contributed by atoms with Crippen molar-refractivity contribution in [2.24, 2.45) is 0 Å². The number of pyridine rings is 1. The van der Waals surface area contributed by atoms with E-state index >= 15 is 0 Å². The van der Waals surface area contributed by atoms with Gasteiger partial charge in [-0.3, -0.25) is 9.78 Å². The Balaban J connectivity index is 1.35. The predicted octanol–water partition coefficient (Wildman–Crippen LogP) is 2.91. The monoisotopic (exact) mass is 337 g/mol. The smallest absolute Gasteiger partial charge is 0.290 e. The number of benzene rings is 1. The number of carbonyl (C=O) groups is 1. The van der Waals surface area contributed by atoms with E-state index in [0.717, 1.165) is 47.8 Å². The molecule has 4 rings (SSSR count). The fourth-order valence-electron chi connectivity index (χ4n) is 3.17. The number of nitrogens with zero attached hydrogens (tertiary/aromatic N) is 2. The Labute approximate surface area is 145 Å². The lowest BCUT2D eigenvalue weighted by atomic mass is 9.96. The molecule has 2 heterocycles. The summed E-state index contributed by atoms with van der Waals surface area (Å²) >= 11 is 0. The molecule has 128 valence electrons. The summed E-state index contributed by atoms with van der Waals surface area (Å²) in [6.45, 7) is 0.745. The molecule has 0 atom stereocenters. The van der Waals surface area contributed by atoms with Gasteiger partial charge in [-0.2, -0.15) is 0 Å². The van der Waals surface area contributed by atoms with Gasteiger partial charge in [-0.25, -0.2) is 0 Å². The Morgan fingerprint density at radius 1 is 1.20 bits per heavy atom. The number of nitrogens with one attached hydrogen (secondary N) is 1. The van der Waals surface area contributed by atoms with E-state index in [2.05, 4.69) is 15.5 Å². The summed E-state index contributed by atoms with van der Waals surface area (Å²) in [6.07, 6.45) is 5.67. The van der Waals surface area contributed by atoms with Gasteiger partial charge in [0.25, 0.3) is 5.91 Å². The number of ether oxygens (including phenoxy) is 1. The van der Waals surface area contributed by atoms with E-state index in [1.54, 1.807) is 6.20 Å². The molecule has 6 heteroatoms. The highest BCUT2D eigenvalue weighted by Gasteiger charge is 2.23. The predicted molar refractivity (Wildman–Crippen MR) is 92.7 cm³/mol. The van der Waals surface area contributed by atoms with Gasteiger partial charge in [-0.1, -0.05) is 23.4 Å². The molecule has 1 N–H and O–H groups in total. The minimum Gasteiger partial charge on any atom is -0.489 e. The summed E-state index contributed by atoms with van der Waals surface area (Å²) in [6, 6.07) is 9.68. The van der Waals surface area contributed by atoms with Crippen LogP contribution in [0.2, 0.25) is 0 Å². The van der Waals surface area contributed by atoms with Crippen LogP contribution in [0.5, 0.6) is 5.75 Å². The van der Waals surface area contributed by atoms with Gasteiger partial charge in [-0.15, -0.1) is 0 Å². The van der Waals surface area contributed by atoms with Crippen molar-refractivity contribution in [2.75, 3.05) is 13.2 Å². The molecular formula is C19H19N3O3. The molecule has 0 spiro atoms. The van der Waals surface area contributed by atoms with Crippen LogP contribution in [-0.2, 0) is 12.8 Å². The molecule has 0 saturated heterocycles. The van der Waals surface area contributed by atoms with Crippen molar-refractivity contribution in [3.63, 3.8) is 0 Å². The first-order valence-electron chi connectivity index (χ1n) is 8.55. The molecular weight excluding hydrogens is 318 g/mol. The normalized spacial score (nSPS) is 13.4. The van der Waals surface area contributed by atoms with Gasteiger partial charge in [-0.05, 0) is 37.8 Å². The Morgan fingerprint density at radius 2 is 2.08 bits per heavy atom. The van der Waals surface area contributed by atoms with Crippen LogP contribution >= 0.6 is 0 Å². The number of amides is 1. The number of carbonyl (C=O) groups excluding carboxylic acids is 1. The molecule has 3 aromatic rings. The van der Waals surface area contributed by atoms with Gasteiger partial charge in [0.1, 0.15) is 17.9 Å². The molecule has 0 fully saturated rings. The van der Waals surface area contributed by atoms with Gasteiger partial charge < -0.3 is 14.6 Å². The highest BCUT2D eigenvalue weighted by Crippen LogP contribution is 2.24. The van der Waals surface area contributed by atoms with Crippen LogP contribution in [0.15, 0.2) is 41.1 Å². The number of aryl methyl sites for hydroxylation is 1. The maximum absolute atomic E-state index is 12.3. The van der Waals surface area contributed by atoms with E-state index in [0.29, 0.717) is 24.7 Å². The zero-order valence-corrected chi connectivity index (χ0v) is 13.8. The molecule has 1 aromatic carbocycles. The van der Waals surface area contributed by atoms with Crippen molar-refractivity contribution < 1.29 is 14.1 Å². The second-order valence-electron chi connectivity index (χ2n) is 6.08. The first kappa shape index (κ1) is 15.6. The Hall–Kier alpha value is -2.89. The number of hydrogen-bond acceptors (Lipinski definition) is 5. The molecule has 1 aliphatic carbocycles. The van der Waals surface area contributed by atoms with E-state index in [1.807, 2.05) is 30.3 Å². The van der Waals surface area contributed by atoms with Crippen LogP contribution in [0.25, 0.3) is 10.9 Å². The average molecular weight is 337 g/mol. The van der Waals surface area contributed by atoms with Crippen LogP contribution in [0.1, 0.15) is 34.7 Å². The number of fused-ring (bicyclic) bond motifs is 2. The standard InChI is InChI=1S/C19H19N3O3/c23-19(18-14-7-1-2-8-15(14)22-25-18)21-11-12-24-16-9-3-5-13-6-4-10-20-17(13)16/h3-6,9-10H,1-2,7-8,11-12H2,(H,21,23). The van der Waals surface area contributed by atoms with Crippen LogP contribution in [0.3, 0.4) is 0 Å². The molecule has 0 radical (unpaired) electrons. The maximum Gasteiger partial charge on any atom is 0.290 e. The lowest BCUT2D eigenvalue weighted by Crippen LogP contribution is -2.28. The van der Waals surface area contributed by atoms with Gasteiger partial charge in [0.05, 0.1) is 12.2 Å². The van der Waals surface area contributed by atoms with E-state index in [-0.39, 0.29) is 5.91 Å². The first-order chi connectivity index (χ1) is 12.3. The third-order valence-electron chi connectivity index (χ3n) is 4.41. The van der Waals surface area contributed by atoms with E-state index in [9.17, 15) is 4.79 Å². The van der Waals surface area contributed by atoms with Crippen molar-refractivity contribution in [3.05, 3.63) is 53.5 Å². The summed E-state index contributed by atoms with van der Waals surface area (Å²) in [4.78, 5) is 16.6. The van der Waals surface area contributed by atoms with Crippen LogP contribution in [0.4, 0.5) is 0 Å². The summed E-state index contributed by atoms with van der Waals surface area (Å²) in [7, 11) is 0. The fourth-order valence-corrected chi connectivity index (χ4v) is 3.17. The van der Waals surface area contributed by atoms with Crippen molar-refractivity contribution >= 4 is 16.8 Å². The molecule has 0 aliphatic heterocycles. The number of para-hydroxylation sites is 1. The summed E-state index contributed by atoms with van der Waals surface area (Å²) in [5.41, 5.74) is 2.71. The Bertz CT molecular complexity index is 899. The zero-order valence-electron chi connectivity index (χ0n) is 13.8. The highest BCUT2D eigenvalue weighted by atomic mass is 16.5. The Morgan fingerprint density at radius 3 is 3.04 bits per heavy atom. The molecule has 0 saturated carbocycles. The highest BCUT2D eigenvalue weighted by molar-refractivity contribution is 5.93. The third kappa shape index (κ3) is 3.20. The fraction of sp³-hybridized carbons (Fsp3) is 0.316. The van der Waals surface area contributed by atoms with E-state index in [4.69, 9.17) is 9.26 Å². The van der Waals surface area contributed by atoms with Gasteiger partial charge >= 0.3 is 0 Å². The molecule has 1 aliphatic rings. The van der Waals surface area contributed by atoms with Crippen LogP contribution in [-0.4, -0.2) is 29.2 Å². The third-order valence-corrected chi connectivity index (χ3v) is 4.41. The zero-order chi connectivity index (χ0) is 17.1. The van der Waals surface area contributed by atoms with Crippen molar-refractivity contribution in [3.8, 4) is 5.75 Å². The topological polar surface area (TPSA) is 77.2 Å². The minimum atomic E-state index is -0.227. The van der Waals surface area contributed by atoms with Crippen molar-refractivity contribution in [1.82, 2.24) is 15.5 Å². The molecule has 1 amide bonds. The second-order valence-corrected chi connectivity index (χ2v) is 6.08. The minimum absolute atomic E-state index is 0.227. The van der Waals surface area contributed by atoms with Gasteiger partial charge in [0.15, 0.2) is 0 Å². The lowest BCUT2D eigenvalue weighted by Gasteiger charge is -2.10. The molecule has 0 bridgehead atoms. The quantitative estimate of drug-likeness (QED) is 0.724. The molecule has 6 nitrogen and oxygen atoms in total. The van der Waals surface area contributed by atoms with Crippen molar-refractivity contribution in [2.45, 2.75) is 25.7 Å². The second kappa shape index (κ2) is 6.93.